The number of carbonyl (C=O) groups is 2. The van der Waals surface area contributed by atoms with Crippen molar-refractivity contribution < 1.29 is 27.9 Å². The van der Waals surface area contributed by atoms with Crippen molar-refractivity contribution in [3.05, 3.63) is 72.2 Å². The molecule has 0 bridgehead atoms. The Morgan fingerprint density at radius 3 is 2.63 bits per heavy atom. The van der Waals surface area contributed by atoms with Gasteiger partial charge in [-0.05, 0) is 30.7 Å². The van der Waals surface area contributed by atoms with E-state index >= 15 is 0 Å². The summed E-state index contributed by atoms with van der Waals surface area (Å²) < 4.78 is 35.6. The number of aliphatic hydroxyl groups excluding tert-OH is 1. The second-order valence-corrected chi connectivity index (χ2v) is 12.6. The van der Waals surface area contributed by atoms with E-state index < -0.39 is 22.2 Å². The number of rotatable bonds is 9. The van der Waals surface area contributed by atoms with Gasteiger partial charge in [0.2, 0.25) is 11.8 Å². The number of aliphatic hydroxyl groups is 1. The number of likely N-dealkylation sites (N-methyl/N-ethyl adjacent to an activating group) is 1. The quantitative estimate of drug-likeness (QED) is 0.394. The first kappa shape index (κ1) is 30.2. The first-order valence-corrected chi connectivity index (χ1v) is 14.9. The van der Waals surface area contributed by atoms with Crippen molar-refractivity contribution >= 4 is 27.5 Å². The minimum atomic E-state index is -3.89. The van der Waals surface area contributed by atoms with Gasteiger partial charge in [0.25, 0.3) is 10.0 Å². The van der Waals surface area contributed by atoms with E-state index in [2.05, 4.69) is 10.3 Å². The maximum atomic E-state index is 13.4. The van der Waals surface area contributed by atoms with Crippen molar-refractivity contribution in [2.24, 2.45) is 13.0 Å². The van der Waals surface area contributed by atoms with Gasteiger partial charge in [0.15, 0.2) is 5.03 Å². The van der Waals surface area contributed by atoms with Crippen LogP contribution in [0.5, 0.6) is 5.75 Å². The van der Waals surface area contributed by atoms with Crippen LogP contribution in [0.3, 0.4) is 0 Å². The highest BCUT2D eigenvalue weighted by Crippen LogP contribution is 2.30. The fourth-order valence-corrected chi connectivity index (χ4v) is 5.89. The summed E-state index contributed by atoms with van der Waals surface area (Å²) in [5.74, 6) is -0.259. The molecule has 0 saturated carbocycles. The van der Waals surface area contributed by atoms with Gasteiger partial charge in [0.1, 0.15) is 11.9 Å². The lowest BCUT2D eigenvalue weighted by molar-refractivity contribution is -0.134. The van der Waals surface area contributed by atoms with E-state index in [4.69, 9.17) is 4.74 Å². The average Bonchev–Trinajstić information content (AvgIpc) is 3.40. The van der Waals surface area contributed by atoms with Crippen molar-refractivity contribution in [2.75, 3.05) is 32.1 Å². The number of ether oxygens (including phenoxy) is 1. The molecule has 1 aromatic heterocycles. The zero-order valence-corrected chi connectivity index (χ0v) is 24.5. The van der Waals surface area contributed by atoms with E-state index in [0.717, 1.165) is 5.56 Å². The Balaban J connectivity index is 1.62. The Hall–Kier alpha value is -3.74. The van der Waals surface area contributed by atoms with E-state index in [0.29, 0.717) is 17.0 Å². The Bertz CT molecular complexity index is 1480. The lowest BCUT2D eigenvalue weighted by atomic mass is 10.0. The maximum Gasteiger partial charge on any atom is 0.261 e. The van der Waals surface area contributed by atoms with Gasteiger partial charge in [0, 0.05) is 44.0 Å². The van der Waals surface area contributed by atoms with Crippen LogP contribution in [0.1, 0.15) is 25.0 Å². The summed E-state index contributed by atoms with van der Waals surface area (Å²) in [6.45, 7) is 3.69. The summed E-state index contributed by atoms with van der Waals surface area (Å²) in [7, 11) is -0.723. The van der Waals surface area contributed by atoms with E-state index in [1.807, 2.05) is 37.3 Å². The molecule has 2 amide bonds. The molecule has 0 aliphatic carbocycles. The van der Waals surface area contributed by atoms with Gasteiger partial charge < -0.3 is 24.6 Å². The predicted molar refractivity (Wildman–Crippen MR) is 154 cm³/mol. The highest BCUT2D eigenvalue weighted by Gasteiger charge is 2.34. The molecular weight excluding hydrogens is 546 g/mol. The second kappa shape index (κ2) is 12.8. The number of imidazole rings is 1. The van der Waals surface area contributed by atoms with E-state index in [-0.39, 0.29) is 55.3 Å². The highest BCUT2D eigenvalue weighted by molar-refractivity contribution is 7.89. The first-order valence-electron chi connectivity index (χ1n) is 13.5. The Labute approximate surface area is 240 Å². The van der Waals surface area contributed by atoms with Crippen LogP contribution in [-0.4, -0.2) is 83.0 Å². The third-order valence-electron chi connectivity index (χ3n) is 7.20. The van der Waals surface area contributed by atoms with Crippen LogP contribution in [0.2, 0.25) is 0 Å². The third kappa shape index (κ3) is 7.32. The predicted octanol–water partition coefficient (Wildman–Crippen LogP) is 2.07. The number of aryl methyl sites for hydroxylation is 1. The number of fused-ring (bicyclic) bond motifs is 1. The molecule has 1 aliphatic heterocycles. The number of nitrogens with one attached hydrogen (secondary N) is 1. The molecule has 4 rings (SSSR count). The fourth-order valence-electron chi connectivity index (χ4n) is 4.74. The molecule has 2 heterocycles. The van der Waals surface area contributed by atoms with Crippen molar-refractivity contribution in [3.63, 3.8) is 0 Å². The first-order chi connectivity index (χ1) is 19.5. The summed E-state index contributed by atoms with van der Waals surface area (Å²) in [6, 6.07) is 14.0. The van der Waals surface area contributed by atoms with E-state index in [9.17, 15) is 23.1 Å². The number of carbonyl (C=O) groups excluding carboxylic acids is 2. The molecule has 0 unspecified atom stereocenters. The molecule has 12 heteroatoms. The summed E-state index contributed by atoms with van der Waals surface area (Å²) in [5.41, 5.74) is 1.94. The van der Waals surface area contributed by atoms with Gasteiger partial charge in [-0.15, -0.1) is 0 Å². The molecule has 0 fully saturated rings. The van der Waals surface area contributed by atoms with Crippen LogP contribution < -0.4 is 10.1 Å². The summed E-state index contributed by atoms with van der Waals surface area (Å²) in [5, 5.41) is 12.7. The molecule has 220 valence electrons. The number of amides is 2. The minimum Gasteiger partial charge on any atom is -0.488 e. The van der Waals surface area contributed by atoms with Crippen molar-refractivity contribution in [3.8, 4) is 5.75 Å². The summed E-state index contributed by atoms with van der Waals surface area (Å²) in [6.07, 6.45) is 2.42. The zero-order chi connectivity index (χ0) is 29.7. The summed E-state index contributed by atoms with van der Waals surface area (Å²) >= 11 is 0. The van der Waals surface area contributed by atoms with Gasteiger partial charge in [-0.1, -0.05) is 37.3 Å². The normalized spacial score (nSPS) is 18.6. The minimum absolute atomic E-state index is 0.00458. The summed E-state index contributed by atoms with van der Waals surface area (Å²) in [4.78, 5) is 31.7. The van der Waals surface area contributed by atoms with Crippen LogP contribution in [0.15, 0.2) is 66.1 Å². The standard InChI is InChI=1S/C29H37N5O6S/c1-20-15-34(21(2)18-35)29(37)14-23-13-24(31-27(36)12-22-8-6-5-7-9-22)10-11-25(23)40-26(20)16-33(4)41(38,39)28-17-32(3)19-30-28/h5-11,13,17,19-21,26,35H,12,14-16,18H2,1-4H3,(H,31,36)/t20-,21-,26-/m1/s1. The van der Waals surface area contributed by atoms with Gasteiger partial charge in [-0.3, -0.25) is 9.59 Å². The molecule has 0 saturated heterocycles. The van der Waals surface area contributed by atoms with Crippen LogP contribution in [0.25, 0.3) is 0 Å². The van der Waals surface area contributed by atoms with Crippen LogP contribution >= 0.6 is 0 Å². The third-order valence-corrected chi connectivity index (χ3v) is 8.91. The Morgan fingerprint density at radius 1 is 1.24 bits per heavy atom. The van der Waals surface area contributed by atoms with Crippen molar-refractivity contribution in [1.29, 1.82) is 0 Å². The fraction of sp³-hybridized carbons (Fsp3) is 0.414. The monoisotopic (exact) mass is 583 g/mol. The van der Waals surface area contributed by atoms with E-state index in [1.165, 1.54) is 23.9 Å². The Morgan fingerprint density at radius 2 is 1.98 bits per heavy atom. The molecule has 0 spiro atoms. The second-order valence-electron chi connectivity index (χ2n) is 10.6. The average molecular weight is 584 g/mol. The zero-order valence-electron chi connectivity index (χ0n) is 23.7. The number of hydrogen-bond donors (Lipinski definition) is 2. The number of aromatic nitrogens is 2. The molecule has 41 heavy (non-hydrogen) atoms. The number of hydrogen-bond acceptors (Lipinski definition) is 7. The lowest BCUT2D eigenvalue weighted by Gasteiger charge is -2.33. The lowest BCUT2D eigenvalue weighted by Crippen LogP contribution is -2.48. The van der Waals surface area contributed by atoms with Gasteiger partial charge in [-0.25, -0.2) is 13.4 Å². The van der Waals surface area contributed by atoms with Crippen LogP contribution in [-0.2, 0) is 39.5 Å². The number of benzene rings is 2. The SMILES string of the molecule is C[C@@H]1CN([C@H](C)CO)C(=O)Cc2cc(NC(=O)Cc3ccccc3)ccc2O[C@@H]1CN(C)S(=O)(=O)c1cn(C)cn1. The molecular formula is C29H37N5O6S. The van der Waals surface area contributed by atoms with Gasteiger partial charge in [0.05, 0.1) is 38.4 Å². The maximum absolute atomic E-state index is 13.4. The van der Waals surface area contributed by atoms with Crippen molar-refractivity contribution in [2.45, 2.75) is 43.9 Å². The highest BCUT2D eigenvalue weighted by atomic mass is 32.2. The number of sulfonamides is 1. The van der Waals surface area contributed by atoms with Gasteiger partial charge in [-0.2, -0.15) is 4.31 Å². The molecule has 3 atom stereocenters. The number of nitrogens with zero attached hydrogens (tertiary/aromatic N) is 4. The topological polar surface area (TPSA) is 134 Å². The van der Waals surface area contributed by atoms with Crippen molar-refractivity contribution in [1.82, 2.24) is 18.8 Å². The molecule has 3 aromatic rings. The van der Waals surface area contributed by atoms with Crippen LogP contribution in [0, 0.1) is 5.92 Å². The Kier molecular flexibility index (Phi) is 9.46. The molecule has 2 N–H and O–H groups in total. The van der Waals surface area contributed by atoms with Crippen LogP contribution in [0.4, 0.5) is 5.69 Å². The molecule has 2 aromatic carbocycles. The van der Waals surface area contributed by atoms with Gasteiger partial charge >= 0.3 is 0 Å². The van der Waals surface area contributed by atoms with E-state index in [1.54, 1.807) is 41.6 Å². The molecule has 0 radical (unpaired) electrons. The molecule has 1 aliphatic rings. The smallest absolute Gasteiger partial charge is 0.261 e. The molecule has 11 nitrogen and oxygen atoms in total. The largest absolute Gasteiger partial charge is 0.488 e. The number of anilines is 1.